The summed E-state index contributed by atoms with van der Waals surface area (Å²) < 4.78 is 0. The van der Waals surface area contributed by atoms with E-state index >= 15 is 0 Å². The van der Waals surface area contributed by atoms with Crippen molar-refractivity contribution < 1.29 is 0 Å². The van der Waals surface area contributed by atoms with E-state index in [-0.39, 0.29) is 0 Å². The van der Waals surface area contributed by atoms with Gasteiger partial charge in [-0.1, -0.05) is 36.7 Å². The molecule has 62 valence electrons. The summed E-state index contributed by atoms with van der Waals surface area (Å²) in [5.74, 6) is 0. The molecule has 1 fully saturated rings. The van der Waals surface area contributed by atoms with Gasteiger partial charge in [0, 0.05) is 0 Å². The lowest BCUT2D eigenvalue weighted by atomic mass is 10.2. The van der Waals surface area contributed by atoms with Crippen molar-refractivity contribution in [3.8, 4) is 0 Å². The van der Waals surface area contributed by atoms with Crippen LogP contribution in [-0.4, -0.2) is 8.07 Å². The van der Waals surface area contributed by atoms with Crippen molar-refractivity contribution >= 4 is 8.07 Å². The van der Waals surface area contributed by atoms with E-state index in [9.17, 15) is 0 Å². The molecule has 1 heterocycles. The fraction of sp³-hybridized carbons (Fsp3) is 0.600. The molecule has 1 heteroatoms. The minimum Gasteiger partial charge on any atom is -0.104 e. The highest BCUT2D eigenvalue weighted by Gasteiger charge is 2.30. The maximum Gasteiger partial charge on any atom is 0.0814 e. The minimum atomic E-state index is -1.05. The Bertz CT molecular complexity index is 172. The van der Waals surface area contributed by atoms with Gasteiger partial charge in [0.25, 0.3) is 0 Å². The molecule has 0 aliphatic carbocycles. The molecule has 0 radical (unpaired) electrons. The quantitative estimate of drug-likeness (QED) is 0.435. The first-order valence-corrected chi connectivity index (χ1v) is 7.39. The van der Waals surface area contributed by atoms with Gasteiger partial charge in [-0.25, -0.2) is 0 Å². The van der Waals surface area contributed by atoms with Gasteiger partial charge in [-0.2, -0.15) is 0 Å². The first kappa shape index (κ1) is 8.79. The lowest BCUT2D eigenvalue weighted by Crippen LogP contribution is -2.34. The van der Waals surface area contributed by atoms with Crippen LogP contribution in [0.2, 0.25) is 18.6 Å². The van der Waals surface area contributed by atoms with Crippen LogP contribution in [0.1, 0.15) is 19.3 Å². The van der Waals surface area contributed by atoms with Gasteiger partial charge in [0.2, 0.25) is 0 Å². The summed E-state index contributed by atoms with van der Waals surface area (Å²) >= 11 is 0. The standard InChI is InChI=1S/C10H18Si/c1-4-8-11(3)9-6-5-7-10(11)2/h4H,1-2,5-9H2,3H3. The van der Waals surface area contributed by atoms with Gasteiger partial charge >= 0.3 is 0 Å². The van der Waals surface area contributed by atoms with Gasteiger partial charge in [-0.15, -0.1) is 13.2 Å². The molecule has 0 amide bonds. The van der Waals surface area contributed by atoms with Crippen molar-refractivity contribution in [2.24, 2.45) is 0 Å². The van der Waals surface area contributed by atoms with Gasteiger partial charge in [0.1, 0.15) is 0 Å². The molecule has 1 saturated heterocycles. The fourth-order valence-electron chi connectivity index (χ4n) is 1.90. The van der Waals surface area contributed by atoms with Crippen LogP contribution < -0.4 is 0 Å². The number of allylic oxidation sites excluding steroid dienone is 2. The Morgan fingerprint density at radius 1 is 1.55 bits per heavy atom. The second kappa shape index (κ2) is 3.40. The van der Waals surface area contributed by atoms with E-state index in [1.807, 2.05) is 0 Å². The van der Waals surface area contributed by atoms with E-state index in [4.69, 9.17) is 0 Å². The second-order valence-electron chi connectivity index (χ2n) is 3.86. The monoisotopic (exact) mass is 166 g/mol. The zero-order chi connectivity index (χ0) is 8.32. The van der Waals surface area contributed by atoms with Gasteiger partial charge in [0.05, 0.1) is 8.07 Å². The maximum absolute atomic E-state index is 4.20. The highest BCUT2D eigenvalue weighted by molar-refractivity contribution is 6.85. The van der Waals surface area contributed by atoms with Crippen molar-refractivity contribution in [1.29, 1.82) is 0 Å². The average molecular weight is 166 g/mol. The molecule has 1 unspecified atom stereocenters. The third-order valence-electron chi connectivity index (χ3n) is 2.91. The topological polar surface area (TPSA) is 0 Å². The van der Waals surface area contributed by atoms with Crippen LogP contribution >= 0.6 is 0 Å². The summed E-state index contributed by atoms with van der Waals surface area (Å²) in [4.78, 5) is 0. The van der Waals surface area contributed by atoms with E-state index in [1.54, 1.807) is 5.20 Å². The Hall–Kier alpha value is -0.303. The van der Waals surface area contributed by atoms with Crippen molar-refractivity contribution in [1.82, 2.24) is 0 Å². The Labute approximate surface area is 71.0 Å². The van der Waals surface area contributed by atoms with Crippen molar-refractivity contribution in [3.05, 3.63) is 24.4 Å². The minimum absolute atomic E-state index is 1.05. The number of rotatable bonds is 2. The molecule has 1 atom stereocenters. The largest absolute Gasteiger partial charge is 0.104 e. The molecule has 11 heavy (non-hydrogen) atoms. The molecule has 1 rings (SSSR count). The molecule has 0 aromatic heterocycles. The third-order valence-corrected chi connectivity index (χ3v) is 7.51. The summed E-state index contributed by atoms with van der Waals surface area (Å²) in [6.45, 7) is 10.5. The summed E-state index contributed by atoms with van der Waals surface area (Å²) in [5, 5.41) is 1.57. The van der Waals surface area contributed by atoms with Gasteiger partial charge in [0.15, 0.2) is 0 Å². The predicted octanol–water partition coefficient (Wildman–Crippen LogP) is 3.53. The zero-order valence-corrected chi connectivity index (χ0v) is 8.53. The summed E-state index contributed by atoms with van der Waals surface area (Å²) in [5.41, 5.74) is 0. The smallest absolute Gasteiger partial charge is 0.0814 e. The van der Waals surface area contributed by atoms with Crippen LogP contribution in [0.15, 0.2) is 24.4 Å². The van der Waals surface area contributed by atoms with Gasteiger partial charge in [-0.3, -0.25) is 0 Å². The van der Waals surface area contributed by atoms with E-state index < -0.39 is 8.07 Å². The first-order valence-electron chi connectivity index (χ1n) is 4.48. The zero-order valence-electron chi connectivity index (χ0n) is 7.53. The molecular weight excluding hydrogens is 148 g/mol. The molecule has 0 bridgehead atoms. The second-order valence-corrected chi connectivity index (χ2v) is 8.60. The molecule has 0 nitrogen and oxygen atoms in total. The molecule has 1 aliphatic rings. The Morgan fingerprint density at radius 2 is 2.27 bits per heavy atom. The van der Waals surface area contributed by atoms with Crippen LogP contribution in [0.5, 0.6) is 0 Å². The molecule has 0 saturated carbocycles. The maximum atomic E-state index is 4.20. The lowest BCUT2D eigenvalue weighted by Gasteiger charge is -2.32. The Morgan fingerprint density at radius 3 is 2.82 bits per heavy atom. The van der Waals surface area contributed by atoms with Crippen molar-refractivity contribution in [2.45, 2.75) is 37.9 Å². The highest BCUT2D eigenvalue weighted by atomic mass is 28.3. The SMILES string of the molecule is C=CC[Si]1(C)CCCCC1=C. The van der Waals surface area contributed by atoms with E-state index in [1.165, 1.54) is 31.4 Å². The molecule has 0 N–H and O–H groups in total. The predicted molar refractivity (Wildman–Crippen MR) is 54.4 cm³/mol. The molecule has 1 aliphatic heterocycles. The van der Waals surface area contributed by atoms with Crippen LogP contribution in [0.3, 0.4) is 0 Å². The van der Waals surface area contributed by atoms with Crippen LogP contribution in [-0.2, 0) is 0 Å². The van der Waals surface area contributed by atoms with E-state index in [0.717, 1.165) is 0 Å². The van der Waals surface area contributed by atoms with E-state index in [0.29, 0.717) is 0 Å². The summed E-state index contributed by atoms with van der Waals surface area (Å²) in [7, 11) is -1.05. The Balaban J connectivity index is 2.64. The first-order chi connectivity index (χ1) is 5.19. The molecule has 0 aromatic rings. The van der Waals surface area contributed by atoms with Gasteiger partial charge < -0.3 is 0 Å². The molecule has 0 aromatic carbocycles. The van der Waals surface area contributed by atoms with E-state index in [2.05, 4.69) is 25.8 Å². The third kappa shape index (κ3) is 1.83. The normalized spacial score (nSPS) is 31.9. The highest BCUT2D eigenvalue weighted by Crippen LogP contribution is 2.34. The molecule has 0 spiro atoms. The Kier molecular flexibility index (Phi) is 2.71. The number of hydrogen-bond donors (Lipinski definition) is 0. The van der Waals surface area contributed by atoms with Gasteiger partial charge in [-0.05, 0) is 12.5 Å². The van der Waals surface area contributed by atoms with Crippen molar-refractivity contribution in [3.63, 3.8) is 0 Å². The van der Waals surface area contributed by atoms with Crippen LogP contribution in [0, 0.1) is 0 Å². The summed E-state index contributed by atoms with van der Waals surface area (Å²) in [6.07, 6.45) is 6.17. The number of hydrogen-bond acceptors (Lipinski definition) is 0. The lowest BCUT2D eigenvalue weighted by molar-refractivity contribution is 0.759. The van der Waals surface area contributed by atoms with Crippen LogP contribution in [0.25, 0.3) is 0 Å². The average Bonchev–Trinajstić information content (AvgIpc) is 1.96. The van der Waals surface area contributed by atoms with Crippen molar-refractivity contribution in [2.75, 3.05) is 0 Å². The molecular formula is C10H18Si. The van der Waals surface area contributed by atoms with Crippen LogP contribution in [0.4, 0.5) is 0 Å². The fourth-order valence-corrected chi connectivity index (χ4v) is 5.19. The summed E-state index contributed by atoms with van der Waals surface area (Å²) in [6, 6.07) is 2.68.